The van der Waals surface area contributed by atoms with Crippen molar-refractivity contribution in [2.24, 2.45) is 4.99 Å². The Morgan fingerprint density at radius 1 is 1.41 bits per heavy atom. The lowest BCUT2D eigenvalue weighted by Crippen LogP contribution is -2.49. The van der Waals surface area contributed by atoms with Crippen molar-refractivity contribution in [3.8, 4) is 0 Å². The van der Waals surface area contributed by atoms with Gasteiger partial charge in [-0.05, 0) is 26.7 Å². The normalized spacial score (nSPS) is 22.6. The molecule has 2 aliphatic rings. The van der Waals surface area contributed by atoms with Crippen LogP contribution in [0.25, 0.3) is 0 Å². The molecule has 0 aromatic carbocycles. The zero-order valence-electron chi connectivity index (χ0n) is 12.7. The summed E-state index contributed by atoms with van der Waals surface area (Å²) in [7, 11) is 0. The van der Waals surface area contributed by atoms with Gasteiger partial charge in [-0.2, -0.15) is 0 Å². The van der Waals surface area contributed by atoms with Gasteiger partial charge < -0.3 is 5.32 Å². The number of aryl methyl sites for hydroxylation is 1. The molecule has 1 saturated carbocycles. The number of rotatable bonds is 3. The number of nitrogens with one attached hydrogen (secondary N) is 2. The van der Waals surface area contributed by atoms with Crippen molar-refractivity contribution in [1.82, 2.24) is 20.2 Å². The maximum atomic E-state index is 11.4. The van der Waals surface area contributed by atoms with E-state index in [1.807, 2.05) is 0 Å². The van der Waals surface area contributed by atoms with E-state index in [4.69, 9.17) is 0 Å². The van der Waals surface area contributed by atoms with Crippen LogP contribution in [0.2, 0.25) is 0 Å². The number of nitrogens with zero attached hydrogens (tertiary/aromatic N) is 4. The maximum absolute atomic E-state index is 11.4. The molecule has 8 nitrogen and oxygen atoms in total. The molecule has 0 saturated heterocycles. The molecule has 1 aromatic rings. The molecule has 1 aliphatic carbocycles. The Morgan fingerprint density at radius 3 is 2.73 bits per heavy atom. The molecule has 118 valence electrons. The Labute approximate surface area is 128 Å². The number of aliphatic imine (C=N–C) groups is 1. The topological polar surface area (TPSA) is 97.4 Å². The fraction of sp³-hybridized carbons (Fsp3) is 0.571. The lowest BCUT2D eigenvalue weighted by atomic mass is 10.2. The lowest BCUT2D eigenvalue weighted by Gasteiger charge is -2.26. The largest absolute Gasteiger partial charge is 0.349 e. The van der Waals surface area contributed by atoms with E-state index in [-0.39, 0.29) is 12.0 Å². The van der Waals surface area contributed by atoms with Gasteiger partial charge >= 0.3 is 5.70 Å². The van der Waals surface area contributed by atoms with E-state index in [1.165, 1.54) is 12.8 Å². The first-order chi connectivity index (χ1) is 10.6. The van der Waals surface area contributed by atoms with Crippen molar-refractivity contribution >= 4 is 5.84 Å². The molecule has 1 fully saturated rings. The summed E-state index contributed by atoms with van der Waals surface area (Å²) >= 11 is 0. The second-order valence-corrected chi connectivity index (χ2v) is 5.72. The minimum absolute atomic E-state index is 0.00873. The van der Waals surface area contributed by atoms with Gasteiger partial charge in [0, 0.05) is 18.4 Å². The Kier molecular flexibility index (Phi) is 3.93. The van der Waals surface area contributed by atoms with Crippen molar-refractivity contribution in [3.05, 3.63) is 39.7 Å². The number of imidazole rings is 1. The number of hydrogen-bond acceptors (Lipinski definition) is 6. The highest BCUT2D eigenvalue weighted by Gasteiger charge is 2.32. The van der Waals surface area contributed by atoms with Crippen molar-refractivity contribution in [3.63, 3.8) is 0 Å². The third kappa shape index (κ3) is 2.74. The van der Waals surface area contributed by atoms with Gasteiger partial charge in [-0.25, -0.2) is 9.98 Å². The van der Waals surface area contributed by atoms with E-state index in [2.05, 4.69) is 20.6 Å². The number of hydrogen-bond donors (Lipinski definition) is 2. The summed E-state index contributed by atoms with van der Waals surface area (Å²) in [5.41, 5.74) is 0.504. The standard InChI is InChI=1S/C14H20N6O2/c1-9-12(20(21)22)13(19-8-7-15-10(19)2)18-14(16-9)17-11-5-3-4-6-11/h7-8,11,14,16-17H,3-6H2,1-2H3. The summed E-state index contributed by atoms with van der Waals surface area (Å²) in [4.78, 5) is 19.7. The minimum Gasteiger partial charge on any atom is -0.349 e. The predicted molar refractivity (Wildman–Crippen MR) is 81.8 cm³/mol. The number of allylic oxidation sites excluding steroid dienone is 2. The van der Waals surface area contributed by atoms with E-state index in [9.17, 15) is 10.1 Å². The SMILES string of the molecule is CC1=C([N+](=O)[O-])C(n2ccnc2C)=NC(NC2CCCC2)N1. The van der Waals surface area contributed by atoms with E-state index in [0.717, 1.165) is 12.8 Å². The van der Waals surface area contributed by atoms with Crippen LogP contribution in [0.1, 0.15) is 38.4 Å². The van der Waals surface area contributed by atoms with Gasteiger partial charge in [-0.15, -0.1) is 0 Å². The maximum Gasteiger partial charge on any atom is 0.330 e. The summed E-state index contributed by atoms with van der Waals surface area (Å²) < 4.78 is 1.66. The molecular formula is C14H20N6O2. The van der Waals surface area contributed by atoms with Crippen LogP contribution < -0.4 is 10.6 Å². The number of nitro groups is 1. The zero-order valence-corrected chi connectivity index (χ0v) is 12.7. The molecule has 0 radical (unpaired) electrons. The molecule has 1 unspecified atom stereocenters. The first kappa shape index (κ1) is 14.7. The monoisotopic (exact) mass is 304 g/mol. The van der Waals surface area contributed by atoms with E-state index in [1.54, 1.807) is 30.8 Å². The van der Waals surface area contributed by atoms with Gasteiger partial charge in [0.25, 0.3) is 0 Å². The van der Waals surface area contributed by atoms with Crippen LogP contribution in [0.5, 0.6) is 0 Å². The van der Waals surface area contributed by atoms with Crippen LogP contribution >= 0.6 is 0 Å². The van der Waals surface area contributed by atoms with Gasteiger partial charge in [0.1, 0.15) is 5.82 Å². The van der Waals surface area contributed by atoms with Crippen LogP contribution in [-0.4, -0.2) is 32.6 Å². The van der Waals surface area contributed by atoms with E-state index < -0.39 is 4.92 Å². The first-order valence-corrected chi connectivity index (χ1v) is 7.52. The summed E-state index contributed by atoms with van der Waals surface area (Å²) in [6.07, 6.45) is 7.65. The fourth-order valence-electron chi connectivity index (χ4n) is 3.05. The van der Waals surface area contributed by atoms with Gasteiger partial charge in [0.05, 0.1) is 10.6 Å². The molecule has 2 N–H and O–H groups in total. The average molecular weight is 304 g/mol. The first-order valence-electron chi connectivity index (χ1n) is 7.52. The van der Waals surface area contributed by atoms with Gasteiger partial charge in [-0.3, -0.25) is 20.0 Å². The van der Waals surface area contributed by atoms with Gasteiger partial charge in [0.15, 0.2) is 6.29 Å². The Bertz CT molecular complexity index is 642. The smallest absolute Gasteiger partial charge is 0.330 e. The van der Waals surface area contributed by atoms with Crippen molar-refractivity contribution in [2.45, 2.75) is 51.9 Å². The summed E-state index contributed by atoms with van der Waals surface area (Å²) in [6.45, 7) is 3.51. The Morgan fingerprint density at radius 2 is 2.14 bits per heavy atom. The third-order valence-corrected chi connectivity index (χ3v) is 4.16. The summed E-state index contributed by atoms with van der Waals surface area (Å²) in [5, 5.41) is 17.9. The highest BCUT2D eigenvalue weighted by atomic mass is 16.6. The molecule has 0 spiro atoms. The van der Waals surface area contributed by atoms with Crippen LogP contribution in [0.15, 0.2) is 28.8 Å². The molecule has 2 heterocycles. The highest BCUT2D eigenvalue weighted by Crippen LogP contribution is 2.20. The Hall–Kier alpha value is -2.22. The van der Waals surface area contributed by atoms with Crippen LogP contribution in [0, 0.1) is 17.0 Å². The molecular weight excluding hydrogens is 284 g/mol. The van der Waals surface area contributed by atoms with Gasteiger partial charge in [0.2, 0.25) is 5.84 Å². The molecule has 22 heavy (non-hydrogen) atoms. The molecule has 1 atom stereocenters. The highest BCUT2D eigenvalue weighted by molar-refractivity contribution is 5.99. The summed E-state index contributed by atoms with van der Waals surface area (Å²) in [5.74, 6) is 0.999. The van der Waals surface area contributed by atoms with Crippen molar-refractivity contribution in [2.75, 3.05) is 0 Å². The average Bonchev–Trinajstić information content (AvgIpc) is 3.09. The number of aromatic nitrogens is 2. The molecule has 1 aliphatic heterocycles. The molecule has 3 rings (SSSR count). The molecule has 0 amide bonds. The lowest BCUT2D eigenvalue weighted by molar-refractivity contribution is -0.417. The molecule has 1 aromatic heterocycles. The van der Waals surface area contributed by atoms with Crippen molar-refractivity contribution in [1.29, 1.82) is 0 Å². The predicted octanol–water partition coefficient (Wildman–Crippen LogP) is 1.37. The fourth-order valence-corrected chi connectivity index (χ4v) is 3.05. The van der Waals surface area contributed by atoms with Gasteiger partial charge in [-0.1, -0.05) is 12.8 Å². The summed E-state index contributed by atoms with van der Waals surface area (Å²) in [6, 6.07) is 0.413. The zero-order chi connectivity index (χ0) is 15.7. The molecule has 0 bridgehead atoms. The third-order valence-electron chi connectivity index (χ3n) is 4.16. The minimum atomic E-state index is -0.396. The quantitative estimate of drug-likeness (QED) is 0.649. The Balaban J connectivity index is 1.93. The van der Waals surface area contributed by atoms with Crippen LogP contribution in [-0.2, 0) is 0 Å². The molecule has 8 heteroatoms. The van der Waals surface area contributed by atoms with Crippen molar-refractivity contribution < 1.29 is 4.92 Å². The van der Waals surface area contributed by atoms with E-state index >= 15 is 0 Å². The second kappa shape index (κ2) is 5.88. The van der Waals surface area contributed by atoms with Crippen LogP contribution in [0.3, 0.4) is 0 Å². The van der Waals surface area contributed by atoms with Crippen LogP contribution in [0.4, 0.5) is 0 Å². The van der Waals surface area contributed by atoms with E-state index in [0.29, 0.717) is 23.4 Å². The second-order valence-electron chi connectivity index (χ2n) is 5.72.